The molecule has 0 spiro atoms. The first-order chi connectivity index (χ1) is 14.4. The summed E-state index contributed by atoms with van der Waals surface area (Å²) in [6.07, 6.45) is 0. The van der Waals surface area contributed by atoms with E-state index in [2.05, 4.69) is 15.3 Å². The van der Waals surface area contributed by atoms with Crippen LogP contribution in [-0.2, 0) is 17.1 Å². The van der Waals surface area contributed by atoms with Gasteiger partial charge in [0.05, 0.1) is 16.4 Å². The number of aromatic amines is 1. The highest BCUT2D eigenvalue weighted by atomic mass is 32.2. The van der Waals surface area contributed by atoms with Crippen LogP contribution in [0.1, 0.15) is 28.8 Å². The van der Waals surface area contributed by atoms with E-state index in [0.717, 1.165) is 26.6 Å². The van der Waals surface area contributed by atoms with Crippen molar-refractivity contribution in [2.24, 2.45) is 0 Å². The lowest BCUT2D eigenvalue weighted by Crippen LogP contribution is -2.30. The maximum absolute atomic E-state index is 12.5. The summed E-state index contributed by atoms with van der Waals surface area (Å²) in [6, 6.07) is 5.67. The molecule has 0 fully saturated rings. The van der Waals surface area contributed by atoms with Gasteiger partial charge >= 0.3 is 0 Å². The third-order valence-electron chi connectivity index (χ3n) is 5.00. The molecule has 1 aliphatic heterocycles. The molecule has 0 bridgehead atoms. The van der Waals surface area contributed by atoms with Crippen LogP contribution in [0.5, 0.6) is 11.5 Å². The van der Waals surface area contributed by atoms with E-state index in [4.69, 9.17) is 9.47 Å². The number of fused-ring (bicyclic) bond motifs is 2. The molecule has 158 valence electrons. The third kappa shape index (κ3) is 4.32. The monoisotopic (exact) mass is 445 g/mol. The molecule has 3 heterocycles. The molecule has 2 aromatic heterocycles. The Hall–Kier alpha value is -2.52. The molecule has 1 aliphatic rings. The van der Waals surface area contributed by atoms with Crippen molar-refractivity contribution in [3.8, 4) is 11.5 Å². The number of rotatable bonds is 6. The van der Waals surface area contributed by atoms with Gasteiger partial charge in [-0.2, -0.15) is 0 Å². The number of aromatic nitrogens is 2. The first-order valence-electron chi connectivity index (χ1n) is 9.69. The zero-order chi connectivity index (χ0) is 21.3. The predicted molar refractivity (Wildman–Crippen MR) is 120 cm³/mol. The maximum Gasteiger partial charge on any atom is 0.259 e. The Bertz CT molecular complexity index is 1160. The zero-order valence-electron chi connectivity index (χ0n) is 17.0. The van der Waals surface area contributed by atoms with E-state index in [0.29, 0.717) is 42.5 Å². The molecule has 1 atom stereocenters. The Kier molecular flexibility index (Phi) is 6.01. The molecule has 9 heteroatoms. The fourth-order valence-electron chi connectivity index (χ4n) is 3.18. The molecule has 30 heavy (non-hydrogen) atoms. The van der Waals surface area contributed by atoms with Crippen molar-refractivity contribution in [2.45, 2.75) is 38.3 Å². The summed E-state index contributed by atoms with van der Waals surface area (Å²) in [7, 11) is 0. The number of hydrogen-bond acceptors (Lipinski definition) is 7. The molecule has 1 amide bonds. The van der Waals surface area contributed by atoms with E-state index < -0.39 is 0 Å². The molecule has 7 nitrogen and oxygen atoms in total. The van der Waals surface area contributed by atoms with Gasteiger partial charge in [0, 0.05) is 11.4 Å². The van der Waals surface area contributed by atoms with Crippen LogP contribution in [0.15, 0.2) is 23.0 Å². The first kappa shape index (κ1) is 20.7. The van der Waals surface area contributed by atoms with Gasteiger partial charge in [-0.1, -0.05) is 6.07 Å². The van der Waals surface area contributed by atoms with Gasteiger partial charge in [0.25, 0.3) is 5.56 Å². The molecule has 0 saturated carbocycles. The number of benzene rings is 1. The number of hydrogen-bond donors (Lipinski definition) is 2. The fourth-order valence-corrected chi connectivity index (χ4v) is 5.01. The topological polar surface area (TPSA) is 93.3 Å². The maximum atomic E-state index is 12.5. The molecular weight excluding hydrogens is 422 g/mol. The van der Waals surface area contributed by atoms with Gasteiger partial charge in [0.15, 0.2) is 11.5 Å². The number of nitrogens with one attached hydrogen (secondary N) is 2. The van der Waals surface area contributed by atoms with E-state index in [-0.39, 0.29) is 16.7 Å². The molecule has 4 rings (SSSR count). The Morgan fingerprint density at radius 3 is 2.87 bits per heavy atom. The average Bonchev–Trinajstić information content (AvgIpc) is 3.03. The summed E-state index contributed by atoms with van der Waals surface area (Å²) in [5.41, 5.74) is 1.81. The third-order valence-corrected chi connectivity index (χ3v) is 7.26. The molecule has 0 radical (unpaired) electrons. The summed E-state index contributed by atoms with van der Waals surface area (Å²) >= 11 is 2.96. The van der Waals surface area contributed by atoms with E-state index in [1.165, 1.54) is 23.1 Å². The number of nitrogens with zero attached hydrogens (tertiary/aromatic N) is 1. The molecule has 2 N–H and O–H groups in total. The number of thioether (sulfide) groups is 1. The zero-order valence-corrected chi connectivity index (χ0v) is 18.7. The number of amides is 1. The smallest absolute Gasteiger partial charge is 0.259 e. The van der Waals surface area contributed by atoms with Crippen molar-refractivity contribution < 1.29 is 14.3 Å². The minimum atomic E-state index is -0.282. The van der Waals surface area contributed by atoms with E-state index in [1.54, 1.807) is 0 Å². The van der Waals surface area contributed by atoms with Crippen molar-refractivity contribution in [3.63, 3.8) is 0 Å². The molecule has 0 aliphatic carbocycles. The standard InChI is InChI=1S/C21H23N3O4S2/c1-11-12(2)30-21-18(11)20(26)23-17(24-21)10-29-13(3)19(25)22-9-14-4-5-15-16(8-14)28-7-6-27-15/h4-5,8,13H,6-7,9-10H2,1-3H3,(H,22,25)(H,23,24,26). The number of ether oxygens (including phenoxy) is 2. The number of carbonyl (C=O) groups is 1. The normalized spacial score (nSPS) is 14.0. The van der Waals surface area contributed by atoms with Crippen LogP contribution >= 0.6 is 23.1 Å². The number of aryl methyl sites for hydroxylation is 2. The van der Waals surface area contributed by atoms with Gasteiger partial charge in [-0.05, 0) is 44.0 Å². The molecule has 1 aromatic carbocycles. The van der Waals surface area contributed by atoms with E-state index in [1.807, 2.05) is 39.0 Å². The van der Waals surface area contributed by atoms with Crippen LogP contribution in [-0.4, -0.2) is 34.3 Å². The quantitative estimate of drug-likeness (QED) is 0.605. The van der Waals surface area contributed by atoms with Crippen LogP contribution < -0.4 is 20.3 Å². The number of carbonyl (C=O) groups excluding carboxylic acids is 1. The predicted octanol–water partition coefficient (Wildman–Crippen LogP) is 3.31. The summed E-state index contributed by atoms with van der Waals surface area (Å²) in [5, 5.41) is 3.33. The highest BCUT2D eigenvalue weighted by Gasteiger charge is 2.17. The van der Waals surface area contributed by atoms with Crippen molar-refractivity contribution in [1.82, 2.24) is 15.3 Å². The van der Waals surface area contributed by atoms with Gasteiger partial charge < -0.3 is 19.8 Å². The van der Waals surface area contributed by atoms with Crippen LogP contribution in [0.2, 0.25) is 0 Å². The van der Waals surface area contributed by atoms with Gasteiger partial charge in [-0.15, -0.1) is 23.1 Å². The largest absolute Gasteiger partial charge is 0.486 e. The number of H-pyrrole nitrogens is 1. The van der Waals surface area contributed by atoms with Crippen molar-refractivity contribution >= 4 is 39.2 Å². The summed E-state index contributed by atoms with van der Waals surface area (Å²) in [6.45, 7) is 7.27. The minimum Gasteiger partial charge on any atom is -0.486 e. The van der Waals surface area contributed by atoms with Crippen molar-refractivity contribution in [3.05, 3.63) is 50.4 Å². The molecular formula is C21H23N3O4S2. The molecule has 1 unspecified atom stereocenters. The van der Waals surface area contributed by atoms with Gasteiger partial charge in [0.2, 0.25) is 5.91 Å². The summed E-state index contributed by atoms with van der Waals surface area (Å²) in [5.74, 6) is 2.42. The van der Waals surface area contributed by atoms with Crippen LogP contribution in [0.3, 0.4) is 0 Å². The SMILES string of the molecule is Cc1sc2nc(CSC(C)C(=O)NCc3ccc4c(c3)OCCO4)[nH]c(=O)c2c1C. The summed E-state index contributed by atoms with van der Waals surface area (Å²) < 4.78 is 11.1. The van der Waals surface area contributed by atoms with Gasteiger partial charge in [0.1, 0.15) is 23.9 Å². The van der Waals surface area contributed by atoms with Crippen molar-refractivity contribution in [1.29, 1.82) is 0 Å². The lowest BCUT2D eigenvalue weighted by Gasteiger charge is -2.19. The van der Waals surface area contributed by atoms with E-state index >= 15 is 0 Å². The fraction of sp³-hybridized carbons (Fsp3) is 0.381. The second-order valence-corrected chi connectivity index (χ2v) is 9.66. The second kappa shape index (κ2) is 8.69. The Balaban J connectivity index is 1.34. The summed E-state index contributed by atoms with van der Waals surface area (Å²) in [4.78, 5) is 34.1. The highest BCUT2D eigenvalue weighted by molar-refractivity contribution is 7.99. The van der Waals surface area contributed by atoms with Gasteiger partial charge in [-0.3, -0.25) is 9.59 Å². The Labute approximate surface area is 182 Å². The highest BCUT2D eigenvalue weighted by Crippen LogP contribution is 2.31. The first-order valence-corrected chi connectivity index (χ1v) is 11.6. The molecule has 3 aromatic rings. The second-order valence-electron chi connectivity index (χ2n) is 7.13. The van der Waals surface area contributed by atoms with Crippen LogP contribution in [0.25, 0.3) is 10.2 Å². The van der Waals surface area contributed by atoms with Gasteiger partial charge in [-0.25, -0.2) is 4.98 Å². The average molecular weight is 446 g/mol. The number of thiophene rings is 1. The lowest BCUT2D eigenvalue weighted by atomic mass is 10.2. The lowest BCUT2D eigenvalue weighted by molar-refractivity contribution is -0.120. The minimum absolute atomic E-state index is 0.0684. The molecule has 0 saturated heterocycles. The van der Waals surface area contributed by atoms with Crippen molar-refractivity contribution in [2.75, 3.05) is 13.2 Å². The van der Waals surface area contributed by atoms with Crippen LogP contribution in [0.4, 0.5) is 0 Å². The van der Waals surface area contributed by atoms with E-state index in [9.17, 15) is 9.59 Å². The Morgan fingerprint density at radius 1 is 1.30 bits per heavy atom. The Morgan fingerprint density at radius 2 is 2.07 bits per heavy atom. The van der Waals surface area contributed by atoms with Crippen LogP contribution in [0, 0.1) is 13.8 Å².